The van der Waals surface area contributed by atoms with Crippen LogP contribution in [-0.2, 0) is 6.42 Å². The predicted molar refractivity (Wildman–Crippen MR) is 103 cm³/mol. The van der Waals surface area contributed by atoms with E-state index in [9.17, 15) is 0 Å². The van der Waals surface area contributed by atoms with Gasteiger partial charge in [0, 0.05) is 19.6 Å². The number of guanidine groups is 1. The van der Waals surface area contributed by atoms with Crippen LogP contribution in [0.25, 0.3) is 0 Å². The lowest BCUT2D eigenvalue weighted by atomic mass is 10.1. The largest absolute Gasteiger partial charge is 0.497 e. The molecule has 0 aromatic heterocycles. The molecule has 0 amide bonds. The fourth-order valence-electron chi connectivity index (χ4n) is 2.51. The molecule has 2 N–H and O–H groups in total. The molecule has 1 aromatic carbocycles. The number of methoxy groups -OCH3 is 1. The first-order chi connectivity index (χ1) is 11.7. The van der Waals surface area contributed by atoms with Gasteiger partial charge in [-0.2, -0.15) is 0 Å². The highest BCUT2D eigenvalue weighted by Crippen LogP contribution is 2.11. The minimum atomic E-state index is 0.825. The fourth-order valence-corrected chi connectivity index (χ4v) is 2.51. The molecule has 0 radical (unpaired) electrons. The standard InChI is InChI=1S/C19H34N4O/c1-5-15-23(7-3)16-14-22-19(20-6-2)21-13-12-17-8-10-18(24-4)11-9-17/h8-11H,5-7,12-16H2,1-4H3,(H2,20,21,22). The number of ether oxygens (including phenoxy) is 1. The molecular weight excluding hydrogens is 300 g/mol. The lowest BCUT2D eigenvalue weighted by molar-refractivity contribution is 0.297. The van der Waals surface area contributed by atoms with Crippen molar-refractivity contribution < 1.29 is 4.74 Å². The first kappa shape index (κ1) is 20.3. The minimum Gasteiger partial charge on any atom is -0.497 e. The second-order valence-electron chi connectivity index (χ2n) is 5.72. The second kappa shape index (κ2) is 12.6. The highest BCUT2D eigenvalue weighted by molar-refractivity contribution is 5.79. The number of nitrogens with zero attached hydrogens (tertiary/aromatic N) is 2. The van der Waals surface area contributed by atoms with Crippen molar-refractivity contribution in [1.29, 1.82) is 0 Å². The van der Waals surface area contributed by atoms with E-state index in [1.54, 1.807) is 7.11 Å². The van der Waals surface area contributed by atoms with Crippen LogP contribution in [0.2, 0.25) is 0 Å². The molecule has 1 rings (SSSR count). The van der Waals surface area contributed by atoms with E-state index in [1.165, 1.54) is 12.0 Å². The van der Waals surface area contributed by atoms with E-state index in [-0.39, 0.29) is 0 Å². The van der Waals surface area contributed by atoms with Gasteiger partial charge in [0.05, 0.1) is 13.7 Å². The van der Waals surface area contributed by atoms with Crippen LogP contribution in [0.15, 0.2) is 29.3 Å². The molecule has 0 spiro atoms. The Morgan fingerprint density at radius 3 is 2.42 bits per heavy atom. The Labute approximate surface area is 147 Å². The third-order valence-corrected chi connectivity index (χ3v) is 3.88. The van der Waals surface area contributed by atoms with Gasteiger partial charge in [0.2, 0.25) is 0 Å². The Morgan fingerprint density at radius 2 is 1.83 bits per heavy atom. The maximum atomic E-state index is 5.19. The molecule has 0 aliphatic heterocycles. The maximum Gasteiger partial charge on any atom is 0.191 e. The summed E-state index contributed by atoms with van der Waals surface area (Å²) in [5, 5.41) is 6.72. The summed E-state index contributed by atoms with van der Waals surface area (Å²) in [4.78, 5) is 7.11. The van der Waals surface area contributed by atoms with Crippen LogP contribution in [0, 0.1) is 0 Å². The molecule has 0 saturated carbocycles. The first-order valence-corrected chi connectivity index (χ1v) is 9.10. The van der Waals surface area contributed by atoms with Crippen LogP contribution in [0.4, 0.5) is 0 Å². The van der Waals surface area contributed by atoms with Crippen molar-refractivity contribution in [1.82, 2.24) is 15.5 Å². The van der Waals surface area contributed by atoms with E-state index >= 15 is 0 Å². The number of nitrogens with one attached hydrogen (secondary N) is 2. The lowest BCUT2D eigenvalue weighted by Crippen LogP contribution is -2.39. The van der Waals surface area contributed by atoms with Crippen molar-refractivity contribution in [3.8, 4) is 5.75 Å². The molecule has 0 atom stereocenters. The minimum absolute atomic E-state index is 0.825. The smallest absolute Gasteiger partial charge is 0.191 e. The van der Waals surface area contributed by atoms with Crippen LogP contribution in [0.1, 0.15) is 32.8 Å². The summed E-state index contributed by atoms with van der Waals surface area (Å²) in [6, 6.07) is 8.21. The van der Waals surface area contributed by atoms with Gasteiger partial charge in [-0.3, -0.25) is 4.99 Å². The first-order valence-electron chi connectivity index (χ1n) is 9.10. The Hall–Kier alpha value is -1.75. The Kier molecular flexibility index (Phi) is 10.7. The molecule has 0 unspecified atom stereocenters. The molecule has 0 saturated heterocycles. The molecule has 0 bridgehead atoms. The third-order valence-electron chi connectivity index (χ3n) is 3.88. The van der Waals surface area contributed by atoms with E-state index < -0.39 is 0 Å². The molecule has 0 aliphatic carbocycles. The van der Waals surface area contributed by atoms with Crippen LogP contribution < -0.4 is 15.4 Å². The predicted octanol–water partition coefficient (Wildman–Crippen LogP) is 2.52. The van der Waals surface area contributed by atoms with E-state index in [2.05, 4.69) is 53.4 Å². The topological polar surface area (TPSA) is 48.9 Å². The van der Waals surface area contributed by atoms with Gasteiger partial charge < -0.3 is 20.3 Å². The Balaban J connectivity index is 2.39. The number of aliphatic imine (C=N–C) groups is 1. The summed E-state index contributed by atoms with van der Waals surface area (Å²) in [5.74, 6) is 1.80. The molecule has 24 heavy (non-hydrogen) atoms. The molecule has 5 nitrogen and oxygen atoms in total. The average molecular weight is 335 g/mol. The van der Waals surface area contributed by atoms with Gasteiger partial charge in [-0.1, -0.05) is 26.0 Å². The van der Waals surface area contributed by atoms with E-state index in [1.807, 2.05) is 12.1 Å². The van der Waals surface area contributed by atoms with Crippen LogP contribution >= 0.6 is 0 Å². The summed E-state index contributed by atoms with van der Waals surface area (Å²) in [5.41, 5.74) is 1.29. The summed E-state index contributed by atoms with van der Waals surface area (Å²) < 4.78 is 5.19. The molecule has 0 aliphatic rings. The van der Waals surface area contributed by atoms with Crippen molar-refractivity contribution in [3.05, 3.63) is 29.8 Å². The van der Waals surface area contributed by atoms with Crippen LogP contribution in [-0.4, -0.2) is 57.2 Å². The number of benzene rings is 1. The number of hydrogen-bond acceptors (Lipinski definition) is 3. The van der Waals surface area contributed by atoms with Gasteiger partial charge in [0.1, 0.15) is 5.75 Å². The monoisotopic (exact) mass is 334 g/mol. The van der Waals surface area contributed by atoms with Crippen molar-refractivity contribution >= 4 is 5.96 Å². The zero-order valence-corrected chi connectivity index (χ0v) is 15.8. The summed E-state index contributed by atoms with van der Waals surface area (Å²) in [6.45, 7) is 12.3. The quantitative estimate of drug-likeness (QED) is 0.482. The van der Waals surface area contributed by atoms with E-state index in [4.69, 9.17) is 4.74 Å². The summed E-state index contributed by atoms with van der Waals surface area (Å²) >= 11 is 0. The molecule has 1 aromatic rings. The SMILES string of the molecule is CCCN(CC)CCN=C(NCC)NCCc1ccc(OC)cc1. The Bertz CT molecular complexity index is 459. The molecule has 0 fully saturated rings. The lowest BCUT2D eigenvalue weighted by Gasteiger charge is -2.18. The van der Waals surface area contributed by atoms with E-state index in [0.717, 1.165) is 57.4 Å². The highest BCUT2D eigenvalue weighted by atomic mass is 16.5. The highest BCUT2D eigenvalue weighted by Gasteiger charge is 2.01. The van der Waals surface area contributed by atoms with Gasteiger partial charge >= 0.3 is 0 Å². The maximum absolute atomic E-state index is 5.19. The van der Waals surface area contributed by atoms with Gasteiger partial charge in [-0.25, -0.2) is 0 Å². The number of likely N-dealkylation sites (N-methyl/N-ethyl adjacent to an activating group) is 1. The molecule has 5 heteroatoms. The van der Waals surface area contributed by atoms with Crippen molar-refractivity contribution in [2.45, 2.75) is 33.6 Å². The summed E-state index contributed by atoms with van der Waals surface area (Å²) in [7, 11) is 1.69. The third kappa shape index (κ3) is 8.20. The van der Waals surface area contributed by atoms with Crippen LogP contribution in [0.5, 0.6) is 5.75 Å². The van der Waals surface area contributed by atoms with Gasteiger partial charge in [0.25, 0.3) is 0 Å². The van der Waals surface area contributed by atoms with Gasteiger partial charge in [-0.05, 0) is 50.6 Å². The average Bonchev–Trinajstić information content (AvgIpc) is 2.61. The second-order valence-corrected chi connectivity index (χ2v) is 5.72. The van der Waals surface area contributed by atoms with Crippen molar-refractivity contribution in [2.75, 3.05) is 46.4 Å². The number of hydrogen-bond donors (Lipinski definition) is 2. The number of rotatable bonds is 11. The zero-order valence-electron chi connectivity index (χ0n) is 15.8. The van der Waals surface area contributed by atoms with Crippen molar-refractivity contribution in [2.24, 2.45) is 4.99 Å². The summed E-state index contributed by atoms with van der Waals surface area (Å²) in [6.07, 6.45) is 2.16. The van der Waals surface area contributed by atoms with Gasteiger partial charge in [-0.15, -0.1) is 0 Å². The molecule has 0 heterocycles. The zero-order chi connectivity index (χ0) is 17.6. The molecular formula is C19H34N4O. The fraction of sp³-hybridized carbons (Fsp3) is 0.632. The van der Waals surface area contributed by atoms with Crippen LogP contribution in [0.3, 0.4) is 0 Å². The Morgan fingerprint density at radius 1 is 1.08 bits per heavy atom. The normalized spacial score (nSPS) is 11.6. The molecule has 136 valence electrons. The van der Waals surface area contributed by atoms with Crippen molar-refractivity contribution in [3.63, 3.8) is 0 Å². The van der Waals surface area contributed by atoms with Gasteiger partial charge in [0.15, 0.2) is 5.96 Å². The van der Waals surface area contributed by atoms with E-state index in [0.29, 0.717) is 0 Å².